The van der Waals surface area contributed by atoms with Gasteiger partial charge in [0.2, 0.25) is 0 Å². The summed E-state index contributed by atoms with van der Waals surface area (Å²) in [6.45, 7) is 2.10. The lowest BCUT2D eigenvalue weighted by atomic mass is 9.85. The Morgan fingerprint density at radius 1 is 1.53 bits per heavy atom. The van der Waals surface area contributed by atoms with Crippen LogP contribution in [0.5, 0.6) is 5.75 Å². The molecule has 2 nitrogen and oxygen atoms in total. The summed E-state index contributed by atoms with van der Waals surface area (Å²) in [6, 6.07) is 7.74. The lowest BCUT2D eigenvalue weighted by Gasteiger charge is -2.27. The predicted molar refractivity (Wildman–Crippen MR) is 63.4 cm³/mol. The van der Waals surface area contributed by atoms with Gasteiger partial charge in [-0.2, -0.15) is 11.8 Å². The number of aliphatic hydroxyl groups is 1. The molecule has 15 heavy (non-hydrogen) atoms. The second-order valence-corrected chi connectivity index (χ2v) is 5.10. The number of rotatable bonds is 2. The topological polar surface area (TPSA) is 29.5 Å². The Hall–Kier alpha value is -0.670. The van der Waals surface area contributed by atoms with E-state index in [1.165, 1.54) is 0 Å². The zero-order valence-corrected chi connectivity index (χ0v) is 9.88. The van der Waals surface area contributed by atoms with Gasteiger partial charge >= 0.3 is 0 Å². The smallest absolute Gasteiger partial charge is 0.119 e. The van der Waals surface area contributed by atoms with Crippen LogP contribution in [-0.4, -0.2) is 23.7 Å². The van der Waals surface area contributed by atoms with E-state index >= 15 is 0 Å². The van der Waals surface area contributed by atoms with Crippen LogP contribution in [0.4, 0.5) is 0 Å². The zero-order valence-electron chi connectivity index (χ0n) is 9.06. The molecule has 1 saturated heterocycles. The molecule has 0 amide bonds. The maximum atomic E-state index is 10.6. The van der Waals surface area contributed by atoms with Crippen molar-refractivity contribution in [2.45, 2.75) is 12.5 Å². The molecule has 2 atom stereocenters. The van der Waals surface area contributed by atoms with Gasteiger partial charge in [-0.05, 0) is 29.4 Å². The van der Waals surface area contributed by atoms with Crippen LogP contribution >= 0.6 is 11.8 Å². The average Bonchev–Trinajstić information content (AvgIpc) is 2.61. The van der Waals surface area contributed by atoms with Crippen molar-refractivity contribution < 1.29 is 9.84 Å². The van der Waals surface area contributed by atoms with E-state index in [1.54, 1.807) is 18.9 Å². The first-order valence-electron chi connectivity index (χ1n) is 5.11. The quantitative estimate of drug-likeness (QED) is 0.835. The number of hydrogen-bond acceptors (Lipinski definition) is 3. The fraction of sp³-hybridized carbons (Fsp3) is 0.500. The Kier molecular flexibility index (Phi) is 2.94. The fourth-order valence-corrected chi connectivity index (χ4v) is 3.44. The zero-order chi connectivity index (χ0) is 10.9. The Bertz CT molecular complexity index is 353. The molecule has 2 unspecified atom stereocenters. The molecule has 1 heterocycles. The number of benzene rings is 1. The van der Waals surface area contributed by atoms with Crippen molar-refractivity contribution in [3.8, 4) is 5.75 Å². The Morgan fingerprint density at radius 2 is 2.33 bits per heavy atom. The molecule has 2 rings (SSSR count). The van der Waals surface area contributed by atoms with Crippen molar-refractivity contribution in [2.75, 3.05) is 18.6 Å². The SMILES string of the molecule is COc1cccc(C2(O)CSCC2C)c1. The summed E-state index contributed by atoms with van der Waals surface area (Å²) in [5.41, 5.74) is 0.290. The molecule has 1 aliphatic rings. The second kappa shape index (κ2) is 4.06. The van der Waals surface area contributed by atoms with Crippen LogP contribution in [-0.2, 0) is 5.60 Å². The minimum absolute atomic E-state index is 0.301. The second-order valence-electron chi connectivity index (χ2n) is 4.07. The van der Waals surface area contributed by atoms with E-state index in [4.69, 9.17) is 4.74 Å². The maximum Gasteiger partial charge on any atom is 0.119 e. The van der Waals surface area contributed by atoms with Gasteiger partial charge in [0.05, 0.1) is 7.11 Å². The van der Waals surface area contributed by atoms with Crippen LogP contribution in [0.1, 0.15) is 12.5 Å². The van der Waals surface area contributed by atoms with Gasteiger partial charge in [-0.1, -0.05) is 19.1 Å². The Balaban J connectivity index is 2.35. The van der Waals surface area contributed by atoms with Crippen LogP contribution in [0, 0.1) is 5.92 Å². The summed E-state index contributed by atoms with van der Waals surface area (Å²) in [4.78, 5) is 0. The molecule has 3 heteroatoms. The fourth-order valence-electron chi connectivity index (χ4n) is 1.93. The normalized spacial score (nSPS) is 30.5. The molecule has 1 aromatic carbocycles. The molecule has 0 aromatic heterocycles. The molecule has 0 aliphatic carbocycles. The van der Waals surface area contributed by atoms with Crippen molar-refractivity contribution in [1.29, 1.82) is 0 Å². The number of ether oxygens (including phenoxy) is 1. The molecule has 1 fully saturated rings. The number of hydrogen-bond donors (Lipinski definition) is 1. The summed E-state index contributed by atoms with van der Waals surface area (Å²) in [6.07, 6.45) is 0. The molecule has 1 aromatic rings. The van der Waals surface area contributed by atoms with Gasteiger partial charge in [-0.25, -0.2) is 0 Å². The molecule has 0 radical (unpaired) electrons. The third-order valence-electron chi connectivity index (χ3n) is 3.07. The van der Waals surface area contributed by atoms with E-state index in [0.717, 1.165) is 22.8 Å². The van der Waals surface area contributed by atoms with E-state index in [9.17, 15) is 5.11 Å². The van der Waals surface area contributed by atoms with Crippen molar-refractivity contribution in [3.63, 3.8) is 0 Å². The third kappa shape index (κ3) is 1.86. The Labute approximate surface area is 94.6 Å². The molecule has 82 valence electrons. The highest BCUT2D eigenvalue weighted by Crippen LogP contribution is 2.41. The summed E-state index contributed by atoms with van der Waals surface area (Å²) in [5.74, 6) is 2.91. The highest BCUT2D eigenvalue weighted by atomic mass is 32.2. The standard InChI is InChI=1S/C12H16O2S/c1-9-7-15-8-12(9,13)10-4-3-5-11(6-10)14-2/h3-6,9,13H,7-8H2,1-2H3. The van der Waals surface area contributed by atoms with Gasteiger partial charge in [-0.3, -0.25) is 0 Å². The summed E-state index contributed by atoms with van der Waals surface area (Å²) < 4.78 is 5.18. The lowest BCUT2D eigenvalue weighted by Crippen LogP contribution is -2.32. The summed E-state index contributed by atoms with van der Waals surface area (Å²) in [7, 11) is 1.65. The van der Waals surface area contributed by atoms with Gasteiger partial charge in [-0.15, -0.1) is 0 Å². The number of thioether (sulfide) groups is 1. The van der Waals surface area contributed by atoms with Gasteiger partial charge in [0, 0.05) is 5.75 Å². The van der Waals surface area contributed by atoms with Gasteiger partial charge < -0.3 is 9.84 Å². The molecular formula is C12H16O2S. The molecule has 0 bridgehead atoms. The van der Waals surface area contributed by atoms with Crippen molar-refractivity contribution in [3.05, 3.63) is 29.8 Å². The van der Waals surface area contributed by atoms with E-state index in [2.05, 4.69) is 6.92 Å². The van der Waals surface area contributed by atoms with E-state index in [0.29, 0.717) is 5.92 Å². The largest absolute Gasteiger partial charge is 0.497 e. The monoisotopic (exact) mass is 224 g/mol. The number of methoxy groups -OCH3 is 1. The van der Waals surface area contributed by atoms with Crippen molar-refractivity contribution in [1.82, 2.24) is 0 Å². The highest BCUT2D eigenvalue weighted by molar-refractivity contribution is 7.99. The average molecular weight is 224 g/mol. The first-order valence-corrected chi connectivity index (χ1v) is 6.27. The van der Waals surface area contributed by atoms with Crippen molar-refractivity contribution in [2.24, 2.45) is 5.92 Å². The molecule has 1 aliphatic heterocycles. The lowest BCUT2D eigenvalue weighted by molar-refractivity contribution is 0.0233. The minimum atomic E-state index is -0.681. The van der Waals surface area contributed by atoms with E-state index in [-0.39, 0.29) is 0 Å². The molecule has 0 saturated carbocycles. The Morgan fingerprint density at radius 3 is 2.93 bits per heavy atom. The maximum absolute atomic E-state index is 10.6. The van der Waals surface area contributed by atoms with E-state index < -0.39 is 5.60 Å². The molecular weight excluding hydrogens is 208 g/mol. The predicted octanol–water partition coefficient (Wildman–Crippen LogP) is 2.27. The van der Waals surface area contributed by atoms with Gasteiger partial charge in [0.1, 0.15) is 11.4 Å². The first-order chi connectivity index (χ1) is 7.16. The van der Waals surface area contributed by atoms with Crippen molar-refractivity contribution >= 4 is 11.8 Å². The summed E-state index contributed by atoms with van der Waals surface area (Å²) in [5, 5.41) is 10.6. The van der Waals surface area contributed by atoms with Crippen LogP contribution in [0.25, 0.3) is 0 Å². The van der Waals surface area contributed by atoms with Gasteiger partial charge in [0.15, 0.2) is 0 Å². The van der Waals surface area contributed by atoms with Gasteiger partial charge in [0.25, 0.3) is 0 Å². The highest BCUT2D eigenvalue weighted by Gasteiger charge is 2.40. The van der Waals surface area contributed by atoms with E-state index in [1.807, 2.05) is 24.3 Å². The molecule has 1 N–H and O–H groups in total. The van der Waals surface area contributed by atoms with Crippen LogP contribution in [0.15, 0.2) is 24.3 Å². The van der Waals surface area contributed by atoms with Crippen LogP contribution in [0.3, 0.4) is 0 Å². The summed E-state index contributed by atoms with van der Waals surface area (Å²) >= 11 is 1.81. The molecule has 0 spiro atoms. The minimum Gasteiger partial charge on any atom is -0.497 e. The first kappa shape index (κ1) is 10.8. The van der Waals surface area contributed by atoms with Crippen LogP contribution < -0.4 is 4.74 Å². The van der Waals surface area contributed by atoms with Crippen LogP contribution in [0.2, 0.25) is 0 Å². The third-order valence-corrected chi connectivity index (χ3v) is 4.45.